The van der Waals surface area contributed by atoms with Crippen LogP contribution in [0, 0.1) is 5.92 Å². The van der Waals surface area contributed by atoms with E-state index in [1.807, 2.05) is 13.8 Å². The van der Waals surface area contributed by atoms with Crippen molar-refractivity contribution in [2.45, 2.75) is 32.7 Å². The molecule has 0 aliphatic heterocycles. The summed E-state index contributed by atoms with van der Waals surface area (Å²) in [5.74, 6) is -2.62. The molecule has 2 rings (SSSR count). The number of hydrogen-bond donors (Lipinski definition) is 4. The number of nitrogens with one attached hydrogen (secondary N) is 3. The molecule has 2 aromatic rings. The molecule has 0 spiro atoms. The zero-order chi connectivity index (χ0) is 22.3. The summed E-state index contributed by atoms with van der Waals surface area (Å²) in [6.45, 7) is 3.67. The summed E-state index contributed by atoms with van der Waals surface area (Å²) in [6, 6.07) is 4.19. The highest BCUT2D eigenvalue weighted by Crippen LogP contribution is 2.13. The highest BCUT2D eigenvalue weighted by atomic mass is 35.5. The van der Waals surface area contributed by atoms with Gasteiger partial charge < -0.3 is 16.0 Å². The number of carbonyl (C=O) groups excluding carboxylic acids is 4. The van der Waals surface area contributed by atoms with Crippen molar-refractivity contribution in [2.24, 2.45) is 11.7 Å². The van der Waals surface area contributed by atoms with E-state index in [9.17, 15) is 19.2 Å². The quantitative estimate of drug-likeness (QED) is 0.336. The normalized spacial score (nSPS) is 11.9. The number of aromatic nitrogens is 2. The van der Waals surface area contributed by atoms with Crippen molar-refractivity contribution in [1.29, 1.82) is 0 Å². The Bertz CT molecular complexity index is 896. The van der Waals surface area contributed by atoms with E-state index in [-0.39, 0.29) is 30.5 Å². The molecule has 5 N–H and O–H groups in total. The number of hydrogen-bond acceptors (Lipinski definition) is 5. The standard InChI is InChI=1S/C19H25ClN6O4/c1-11(2)8-14(19(30)25-26(17(28)10-20)7-5-16(21)27)24-18(29)15-9-13-12(23-15)4-3-6-22-13/h3-4,6,9,11,14,23H,5,7-8,10H2,1-2H3,(H2,21,27)(H,24,29)(H,25,30)/t14-/m0/s1. The molecule has 0 radical (unpaired) electrons. The molecule has 162 valence electrons. The van der Waals surface area contributed by atoms with Gasteiger partial charge in [-0.15, -0.1) is 11.6 Å². The SMILES string of the molecule is CC(C)C[C@H](NC(=O)c1cc2ncccc2[nH]1)C(=O)NN(CCC(N)=O)C(=O)CCl. The van der Waals surface area contributed by atoms with E-state index in [4.69, 9.17) is 17.3 Å². The fourth-order valence-electron chi connectivity index (χ4n) is 2.77. The number of halogens is 1. The van der Waals surface area contributed by atoms with Crippen LogP contribution in [0.4, 0.5) is 0 Å². The average Bonchev–Trinajstić information content (AvgIpc) is 3.13. The van der Waals surface area contributed by atoms with Crippen LogP contribution in [-0.4, -0.2) is 57.1 Å². The summed E-state index contributed by atoms with van der Waals surface area (Å²) in [5.41, 5.74) is 9.11. The fourth-order valence-corrected chi connectivity index (χ4v) is 2.91. The van der Waals surface area contributed by atoms with E-state index in [0.29, 0.717) is 17.5 Å². The molecule has 0 aromatic carbocycles. The first-order chi connectivity index (χ1) is 14.2. The van der Waals surface area contributed by atoms with Crippen molar-refractivity contribution < 1.29 is 19.2 Å². The molecule has 1 atom stereocenters. The number of rotatable bonds is 9. The van der Waals surface area contributed by atoms with Crippen molar-refractivity contribution in [3.05, 3.63) is 30.1 Å². The van der Waals surface area contributed by atoms with Gasteiger partial charge in [-0.05, 0) is 30.5 Å². The summed E-state index contributed by atoms with van der Waals surface area (Å²) in [5, 5.41) is 3.62. The number of primary amides is 1. The van der Waals surface area contributed by atoms with E-state index < -0.39 is 29.7 Å². The van der Waals surface area contributed by atoms with Crippen LogP contribution in [0.25, 0.3) is 11.0 Å². The first-order valence-electron chi connectivity index (χ1n) is 9.41. The Morgan fingerprint density at radius 1 is 1.30 bits per heavy atom. The molecule has 4 amide bonds. The smallest absolute Gasteiger partial charge is 0.268 e. The lowest BCUT2D eigenvalue weighted by Gasteiger charge is -2.26. The van der Waals surface area contributed by atoms with E-state index in [0.717, 1.165) is 5.01 Å². The predicted octanol–water partition coefficient (Wildman–Crippen LogP) is 0.681. The first-order valence-corrected chi connectivity index (χ1v) is 9.94. The number of aromatic amines is 1. The molecular weight excluding hydrogens is 412 g/mol. The van der Waals surface area contributed by atoms with Crippen molar-refractivity contribution >= 4 is 46.3 Å². The second-order valence-corrected chi connectivity index (χ2v) is 7.41. The maximum Gasteiger partial charge on any atom is 0.268 e. The number of pyridine rings is 1. The zero-order valence-electron chi connectivity index (χ0n) is 16.8. The predicted molar refractivity (Wildman–Crippen MR) is 111 cm³/mol. The van der Waals surface area contributed by atoms with Crippen LogP contribution in [0.3, 0.4) is 0 Å². The van der Waals surface area contributed by atoms with Gasteiger partial charge in [0.05, 0.1) is 17.6 Å². The van der Waals surface area contributed by atoms with Crippen LogP contribution >= 0.6 is 11.6 Å². The molecule has 0 bridgehead atoms. The van der Waals surface area contributed by atoms with Crippen LogP contribution in [0.5, 0.6) is 0 Å². The average molecular weight is 437 g/mol. The molecule has 11 heteroatoms. The summed E-state index contributed by atoms with van der Waals surface area (Å²) in [4.78, 5) is 55.6. The monoisotopic (exact) mass is 436 g/mol. The van der Waals surface area contributed by atoms with Crippen LogP contribution < -0.4 is 16.5 Å². The Morgan fingerprint density at radius 3 is 2.63 bits per heavy atom. The number of nitrogens with zero attached hydrogens (tertiary/aromatic N) is 2. The molecular formula is C19H25ClN6O4. The molecule has 0 saturated heterocycles. The van der Waals surface area contributed by atoms with Gasteiger partial charge >= 0.3 is 0 Å². The molecule has 0 fully saturated rings. The second-order valence-electron chi connectivity index (χ2n) is 7.15. The van der Waals surface area contributed by atoms with Crippen molar-refractivity contribution in [1.82, 2.24) is 25.7 Å². The van der Waals surface area contributed by atoms with Crippen LogP contribution in [0.2, 0.25) is 0 Å². The van der Waals surface area contributed by atoms with Crippen LogP contribution in [0.1, 0.15) is 37.2 Å². The highest BCUT2D eigenvalue weighted by Gasteiger charge is 2.26. The van der Waals surface area contributed by atoms with Gasteiger partial charge in [0, 0.05) is 12.6 Å². The third kappa shape index (κ3) is 6.45. The minimum absolute atomic E-state index is 0.0771. The molecule has 10 nitrogen and oxygen atoms in total. The summed E-state index contributed by atoms with van der Waals surface area (Å²) in [6.07, 6.45) is 1.79. The molecule has 30 heavy (non-hydrogen) atoms. The van der Waals surface area contributed by atoms with E-state index in [1.165, 1.54) is 0 Å². The van der Waals surface area contributed by atoms with Gasteiger partial charge in [-0.2, -0.15) is 0 Å². The Hall–Kier alpha value is -3.14. The maximum atomic E-state index is 12.8. The van der Waals surface area contributed by atoms with Crippen LogP contribution in [-0.2, 0) is 14.4 Å². The summed E-state index contributed by atoms with van der Waals surface area (Å²) in [7, 11) is 0. The number of nitrogens with two attached hydrogens (primary N) is 1. The maximum absolute atomic E-state index is 12.8. The third-order valence-electron chi connectivity index (χ3n) is 4.20. The zero-order valence-corrected chi connectivity index (χ0v) is 17.5. The lowest BCUT2D eigenvalue weighted by molar-refractivity contribution is -0.141. The molecule has 0 saturated carbocycles. The lowest BCUT2D eigenvalue weighted by atomic mass is 10.0. The number of H-pyrrole nitrogens is 1. The number of alkyl halides is 1. The Balaban J connectivity index is 2.13. The van der Waals surface area contributed by atoms with Gasteiger partial charge in [-0.3, -0.25) is 34.6 Å². The van der Waals surface area contributed by atoms with Crippen molar-refractivity contribution in [2.75, 3.05) is 12.4 Å². The van der Waals surface area contributed by atoms with Gasteiger partial charge in [0.25, 0.3) is 17.7 Å². The molecule has 2 heterocycles. The lowest BCUT2D eigenvalue weighted by Crippen LogP contribution is -2.55. The fraction of sp³-hybridized carbons (Fsp3) is 0.421. The Labute approximate surface area is 178 Å². The number of fused-ring (bicyclic) bond motifs is 1. The minimum atomic E-state index is -0.920. The van der Waals surface area contributed by atoms with Crippen molar-refractivity contribution in [3.8, 4) is 0 Å². The van der Waals surface area contributed by atoms with Gasteiger partial charge in [0.2, 0.25) is 5.91 Å². The number of carbonyl (C=O) groups is 4. The van der Waals surface area contributed by atoms with E-state index in [2.05, 4.69) is 20.7 Å². The molecule has 0 aliphatic rings. The highest BCUT2D eigenvalue weighted by molar-refractivity contribution is 6.27. The minimum Gasteiger partial charge on any atom is -0.370 e. The van der Waals surface area contributed by atoms with E-state index in [1.54, 1.807) is 24.4 Å². The van der Waals surface area contributed by atoms with E-state index >= 15 is 0 Å². The second kappa shape index (κ2) is 10.6. The largest absolute Gasteiger partial charge is 0.370 e. The van der Waals surface area contributed by atoms with Crippen LogP contribution in [0.15, 0.2) is 24.4 Å². The molecule has 2 aromatic heterocycles. The van der Waals surface area contributed by atoms with Gasteiger partial charge in [0.1, 0.15) is 17.6 Å². The number of hydrazine groups is 1. The topological polar surface area (TPSA) is 150 Å². The number of amides is 4. The Kier molecular flexibility index (Phi) is 8.16. The molecule has 0 unspecified atom stereocenters. The summed E-state index contributed by atoms with van der Waals surface area (Å²) >= 11 is 5.57. The third-order valence-corrected chi connectivity index (χ3v) is 4.43. The molecule has 0 aliphatic carbocycles. The van der Waals surface area contributed by atoms with Crippen molar-refractivity contribution in [3.63, 3.8) is 0 Å². The summed E-state index contributed by atoms with van der Waals surface area (Å²) < 4.78 is 0. The van der Waals surface area contributed by atoms with Gasteiger partial charge in [-0.1, -0.05) is 13.8 Å². The van der Waals surface area contributed by atoms with Gasteiger partial charge in [0.15, 0.2) is 0 Å². The Morgan fingerprint density at radius 2 is 2.03 bits per heavy atom. The van der Waals surface area contributed by atoms with Gasteiger partial charge in [-0.25, -0.2) is 0 Å². The first kappa shape index (κ1) is 23.1.